The van der Waals surface area contributed by atoms with Gasteiger partial charge in [-0.1, -0.05) is 19.8 Å². The van der Waals surface area contributed by atoms with Crippen LogP contribution < -0.4 is 5.73 Å². The monoisotopic (exact) mass is 242 g/mol. The predicted octanol–water partition coefficient (Wildman–Crippen LogP) is 2.25. The Bertz CT molecular complexity index is 199. The van der Waals surface area contributed by atoms with Crippen molar-refractivity contribution in [3.8, 4) is 0 Å². The summed E-state index contributed by atoms with van der Waals surface area (Å²) in [4.78, 5) is 2.64. The topological polar surface area (TPSA) is 38.5 Å². The van der Waals surface area contributed by atoms with Gasteiger partial charge in [-0.2, -0.15) is 0 Å². The van der Waals surface area contributed by atoms with Crippen molar-refractivity contribution in [3.05, 3.63) is 0 Å². The number of hydrogen-bond donors (Lipinski definition) is 1. The van der Waals surface area contributed by atoms with Gasteiger partial charge in [0.15, 0.2) is 0 Å². The van der Waals surface area contributed by atoms with E-state index in [1.54, 1.807) is 7.11 Å². The number of rotatable bonds is 7. The molecule has 0 spiro atoms. The second-order valence-corrected chi connectivity index (χ2v) is 5.34. The van der Waals surface area contributed by atoms with Crippen LogP contribution in [0.3, 0.4) is 0 Å². The summed E-state index contributed by atoms with van der Waals surface area (Å²) in [5.74, 6) is 0.689. The molecule has 1 fully saturated rings. The Labute approximate surface area is 107 Å². The molecule has 1 aliphatic rings. The largest absolute Gasteiger partial charge is 0.383 e. The van der Waals surface area contributed by atoms with Crippen LogP contribution in [0.4, 0.5) is 0 Å². The molecule has 1 rings (SSSR count). The molecule has 0 heterocycles. The van der Waals surface area contributed by atoms with Crippen molar-refractivity contribution in [1.29, 1.82) is 0 Å². The molecule has 0 saturated heterocycles. The van der Waals surface area contributed by atoms with Crippen LogP contribution in [0.2, 0.25) is 0 Å². The predicted molar refractivity (Wildman–Crippen MR) is 73.1 cm³/mol. The molecule has 0 aliphatic heterocycles. The quantitative estimate of drug-likeness (QED) is 0.744. The van der Waals surface area contributed by atoms with Gasteiger partial charge in [0, 0.05) is 25.7 Å². The smallest absolute Gasteiger partial charge is 0.0589 e. The zero-order valence-electron chi connectivity index (χ0n) is 11.8. The highest BCUT2D eigenvalue weighted by Crippen LogP contribution is 2.29. The van der Waals surface area contributed by atoms with E-state index < -0.39 is 0 Å². The van der Waals surface area contributed by atoms with Gasteiger partial charge in [0.25, 0.3) is 0 Å². The molecule has 3 atom stereocenters. The minimum atomic E-state index is 0.641. The van der Waals surface area contributed by atoms with Gasteiger partial charge in [-0.15, -0.1) is 0 Å². The van der Waals surface area contributed by atoms with Crippen molar-refractivity contribution in [2.75, 3.05) is 26.8 Å². The van der Waals surface area contributed by atoms with E-state index in [2.05, 4.69) is 18.7 Å². The zero-order chi connectivity index (χ0) is 12.7. The highest BCUT2D eigenvalue weighted by atomic mass is 16.5. The summed E-state index contributed by atoms with van der Waals surface area (Å²) in [6.07, 6.45) is 6.55. The molecular weight excluding hydrogens is 212 g/mol. The second kappa shape index (κ2) is 8.06. The van der Waals surface area contributed by atoms with Crippen molar-refractivity contribution in [1.82, 2.24) is 4.90 Å². The molecule has 3 nitrogen and oxygen atoms in total. The maximum Gasteiger partial charge on any atom is 0.0589 e. The summed E-state index contributed by atoms with van der Waals surface area (Å²) in [5, 5.41) is 0. The fraction of sp³-hybridized carbons (Fsp3) is 1.00. The van der Waals surface area contributed by atoms with Crippen molar-refractivity contribution < 1.29 is 4.74 Å². The van der Waals surface area contributed by atoms with Gasteiger partial charge < -0.3 is 10.5 Å². The second-order valence-electron chi connectivity index (χ2n) is 5.34. The molecular formula is C14H30N2O. The van der Waals surface area contributed by atoms with Crippen molar-refractivity contribution >= 4 is 0 Å². The lowest BCUT2D eigenvalue weighted by atomic mass is 9.83. The molecule has 3 unspecified atom stereocenters. The lowest BCUT2D eigenvalue weighted by Crippen LogP contribution is -2.50. The van der Waals surface area contributed by atoms with Crippen LogP contribution in [0.1, 0.15) is 46.0 Å². The summed E-state index contributed by atoms with van der Waals surface area (Å²) in [5.41, 5.74) is 5.94. The SMILES string of the molecule is CCC(C)N(CCOC)C1CCCCC1CN. The van der Waals surface area contributed by atoms with Gasteiger partial charge in [0.1, 0.15) is 0 Å². The molecule has 0 radical (unpaired) electrons. The third kappa shape index (κ3) is 4.23. The van der Waals surface area contributed by atoms with Gasteiger partial charge in [-0.3, -0.25) is 4.90 Å². The summed E-state index contributed by atoms with van der Waals surface area (Å²) in [7, 11) is 1.79. The molecule has 17 heavy (non-hydrogen) atoms. The van der Waals surface area contributed by atoms with Gasteiger partial charge in [0.05, 0.1) is 6.61 Å². The summed E-state index contributed by atoms with van der Waals surface area (Å²) in [6, 6.07) is 1.32. The molecule has 0 aromatic rings. The molecule has 0 bridgehead atoms. The van der Waals surface area contributed by atoms with Gasteiger partial charge in [-0.25, -0.2) is 0 Å². The number of nitrogens with two attached hydrogens (primary N) is 1. The Morgan fingerprint density at radius 2 is 2.06 bits per heavy atom. The summed E-state index contributed by atoms with van der Waals surface area (Å²) in [6.45, 7) is 7.32. The number of nitrogens with zero attached hydrogens (tertiary/aromatic N) is 1. The summed E-state index contributed by atoms with van der Waals surface area (Å²) < 4.78 is 5.25. The average molecular weight is 242 g/mol. The van der Waals surface area contributed by atoms with Crippen LogP contribution >= 0.6 is 0 Å². The number of methoxy groups -OCH3 is 1. The van der Waals surface area contributed by atoms with E-state index in [4.69, 9.17) is 10.5 Å². The molecule has 0 amide bonds. The molecule has 102 valence electrons. The van der Waals surface area contributed by atoms with Gasteiger partial charge >= 0.3 is 0 Å². The minimum Gasteiger partial charge on any atom is -0.383 e. The van der Waals surface area contributed by atoms with Crippen LogP contribution in [-0.2, 0) is 4.74 Å². The van der Waals surface area contributed by atoms with Crippen molar-refractivity contribution in [2.24, 2.45) is 11.7 Å². The minimum absolute atomic E-state index is 0.641. The first-order valence-electron chi connectivity index (χ1n) is 7.19. The van der Waals surface area contributed by atoms with Crippen LogP contribution in [0.25, 0.3) is 0 Å². The molecule has 1 saturated carbocycles. The van der Waals surface area contributed by atoms with Crippen molar-refractivity contribution in [3.63, 3.8) is 0 Å². The fourth-order valence-electron chi connectivity index (χ4n) is 3.04. The molecule has 0 aromatic carbocycles. The lowest BCUT2D eigenvalue weighted by Gasteiger charge is -2.42. The number of ether oxygens (including phenoxy) is 1. The highest BCUT2D eigenvalue weighted by molar-refractivity contribution is 4.86. The Hall–Kier alpha value is -0.120. The van der Waals surface area contributed by atoms with Gasteiger partial charge in [-0.05, 0) is 38.6 Å². The first-order valence-corrected chi connectivity index (χ1v) is 7.19. The normalized spacial score (nSPS) is 27.4. The van der Waals surface area contributed by atoms with Crippen molar-refractivity contribution in [2.45, 2.75) is 58.0 Å². The van der Waals surface area contributed by atoms with Gasteiger partial charge in [0.2, 0.25) is 0 Å². The van der Waals surface area contributed by atoms with Crippen LogP contribution in [0.5, 0.6) is 0 Å². The first kappa shape index (κ1) is 14.9. The van der Waals surface area contributed by atoms with E-state index in [0.717, 1.165) is 19.7 Å². The molecule has 3 heteroatoms. The van der Waals surface area contributed by atoms with Crippen LogP contribution in [0, 0.1) is 5.92 Å². The average Bonchev–Trinajstić information content (AvgIpc) is 2.39. The van der Waals surface area contributed by atoms with E-state index in [1.165, 1.54) is 32.1 Å². The maximum absolute atomic E-state index is 5.94. The Balaban J connectivity index is 2.64. The fourth-order valence-corrected chi connectivity index (χ4v) is 3.04. The third-order valence-electron chi connectivity index (χ3n) is 4.31. The Morgan fingerprint density at radius 1 is 1.35 bits per heavy atom. The Morgan fingerprint density at radius 3 is 2.65 bits per heavy atom. The highest BCUT2D eigenvalue weighted by Gasteiger charge is 2.30. The van der Waals surface area contributed by atoms with E-state index in [0.29, 0.717) is 18.0 Å². The van der Waals surface area contributed by atoms with E-state index in [-0.39, 0.29) is 0 Å². The molecule has 2 N–H and O–H groups in total. The first-order chi connectivity index (χ1) is 8.24. The standard InChI is InChI=1S/C14H30N2O/c1-4-12(2)16(9-10-17-3)14-8-6-5-7-13(14)11-15/h12-14H,4-11,15H2,1-3H3. The zero-order valence-corrected chi connectivity index (χ0v) is 11.8. The van der Waals surface area contributed by atoms with Crippen LogP contribution in [0.15, 0.2) is 0 Å². The van der Waals surface area contributed by atoms with E-state index in [9.17, 15) is 0 Å². The molecule has 0 aromatic heterocycles. The number of hydrogen-bond acceptors (Lipinski definition) is 3. The van der Waals surface area contributed by atoms with E-state index >= 15 is 0 Å². The molecule has 1 aliphatic carbocycles. The maximum atomic E-state index is 5.94. The Kier molecular flexibility index (Phi) is 7.09. The third-order valence-corrected chi connectivity index (χ3v) is 4.31. The lowest BCUT2D eigenvalue weighted by molar-refractivity contribution is 0.0440. The van der Waals surface area contributed by atoms with Crippen LogP contribution in [-0.4, -0.2) is 43.8 Å². The summed E-state index contributed by atoms with van der Waals surface area (Å²) >= 11 is 0. The van der Waals surface area contributed by atoms with E-state index in [1.807, 2.05) is 0 Å².